The highest BCUT2D eigenvalue weighted by molar-refractivity contribution is 9.10. The lowest BCUT2D eigenvalue weighted by Gasteiger charge is -2.12. The van der Waals surface area contributed by atoms with E-state index in [1.54, 1.807) is 12.1 Å². The lowest BCUT2D eigenvalue weighted by molar-refractivity contribution is 0.570. The number of anilines is 1. The quantitative estimate of drug-likeness (QED) is 0.789. The van der Waals surface area contributed by atoms with E-state index < -0.39 is 20.7 Å². The molecular weight excluding hydrogens is 379 g/mol. The molecule has 0 aliphatic rings. The first-order valence-corrected chi connectivity index (χ1v) is 8.36. The predicted molar refractivity (Wildman–Crippen MR) is 87.2 cm³/mol. The SMILES string of the molecule is NC(=S)c1cc(Br)ccc1NS(=O)(=O)c1ccccc1F. The summed E-state index contributed by atoms with van der Waals surface area (Å²) in [5.74, 6) is -0.834. The maximum absolute atomic E-state index is 13.6. The standard InChI is InChI=1S/C13H10BrFN2O2S2/c14-8-5-6-11(9(7-8)13(16)20)17-21(18,19)12-4-2-1-3-10(12)15/h1-7,17H,(H2,16,20). The topological polar surface area (TPSA) is 72.2 Å². The number of nitrogens with one attached hydrogen (secondary N) is 1. The van der Waals surface area contributed by atoms with Gasteiger partial charge in [-0.15, -0.1) is 0 Å². The van der Waals surface area contributed by atoms with Crippen molar-refractivity contribution in [2.75, 3.05) is 4.72 Å². The van der Waals surface area contributed by atoms with E-state index >= 15 is 0 Å². The second kappa shape index (κ2) is 6.08. The van der Waals surface area contributed by atoms with Crippen molar-refractivity contribution in [2.24, 2.45) is 5.73 Å². The molecule has 0 fully saturated rings. The molecule has 0 amide bonds. The summed E-state index contributed by atoms with van der Waals surface area (Å²) in [6, 6.07) is 9.81. The number of hydrogen-bond donors (Lipinski definition) is 2. The van der Waals surface area contributed by atoms with Gasteiger partial charge in [0.15, 0.2) is 0 Å². The first-order valence-electron chi connectivity index (χ1n) is 5.68. The van der Waals surface area contributed by atoms with Crippen LogP contribution in [0.1, 0.15) is 5.56 Å². The Labute approximate surface area is 135 Å². The fourth-order valence-electron chi connectivity index (χ4n) is 1.67. The largest absolute Gasteiger partial charge is 0.389 e. The molecule has 0 aromatic heterocycles. The minimum absolute atomic E-state index is 0.0301. The van der Waals surface area contributed by atoms with Crippen molar-refractivity contribution in [1.29, 1.82) is 0 Å². The molecule has 2 rings (SSSR count). The molecule has 0 saturated heterocycles. The van der Waals surface area contributed by atoms with E-state index in [0.717, 1.165) is 6.07 Å². The van der Waals surface area contributed by atoms with Crippen molar-refractivity contribution in [3.8, 4) is 0 Å². The first kappa shape index (κ1) is 15.9. The highest BCUT2D eigenvalue weighted by atomic mass is 79.9. The predicted octanol–water partition coefficient (Wildman–Crippen LogP) is 3.02. The molecule has 0 atom stereocenters. The van der Waals surface area contributed by atoms with E-state index in [1.807, 2.05) is 0 Å². The van der Waals surface area contributed by atoms with Gasteiger partial charge in [0.25, 0.3) is 10.0 Å². The molecule has 0 unspecified atom stereocenters. The number of benzene rings is 2. The average Bonchev–Trinajstić information content (AvgIpc) is 2.40. The zero-order valence-corrected chi connectivity index (χ0v) is 13.7. The van der Waals surface area contributed by atoms with Crippen LogP contribution in [0.5, 0.6) is 0 Å². The van der Waals surface area contributed by atoms with Crippen LogP contribution in [0.4, 0.5) is 10.1 Å². The number of rotatable bonds is 4. The van der Waals surface area contributed by atoms with Crippen molar-refractivity contribution in [3.05, 3.63) is 58.3 Å². The van der Waals surface area contributed by atoms with Crippen molar-refractivity contribution < 1.29 is 12.8 Å². The van der Waals surface area contributed by atoms with Gasteiger partial charge in [0.2, 0.25) is 0 Å². The number of halogens is 2. The van der Waals surface area contributed by atoms with Crippen LogP contribution in [0, 0.1) is 5.82 Å². The zero-order chi connectivity index (χ0) is 15.6. The summed E-state index contributed by atoms with van der Waals surface area (Å²) in [7, 11) is -4.07. The monoisotopic (exact) mass is 388 g/mol. The first-order chi connectivity index (χ1) is 9.81. The van der Waals surface area contributed by atoms with Gasteiger partial charge in [-0.3, -0.25) is 4.72 Å². The lowest BCUT2D eigenvalue weighted by Crippen LogP contribution is -2.19. The van der Waals surface area contributed by atoms with E-state index in [4.69, 9.17) is 18.0 Å². The van der Waals surface area contributed by atoms with E-state index in [-0.39, 0.29) is 10.7 Å². The van der Waals surface area contributed by atoms with E-state index in [1.165, 1.54) is 24.3 Å². The Morgan fingerprint density at radius 2 is 1.90 bits per heavy atom. The van der Waals surface area contributed by atoms with Gasteiger partial charge in [-0.05, 0) is 30.3 Å². The maximum atomic E-state index is 13.6. The van der Waals surface area contributed by atoms with Gasteiger partial charge in [-0.2, -0.15) is 0 Å². The van der Waals surface area contributed by atoms with E-state index in [0.29, 0.717) is 10.0 Å². The highest BCUT2D eigenvalue weighted by Gasteiger charge is 2.20. The smallest absolute Gasteiger partial charge is 0.264 e. The van der Waals surface area contributed by atoms with Gasteiger partial charge in [0.05, 0.1) is 5.69 Å². The van der Waals surface area contributed by atoms with Crippen molar-refractivity contribution in [1.82, 2.24) is 0 Å². The van der Waals surface area contributed by atoms with Crippen LogP contribution in [0.25, 0.3) is 0 Å². The van der Waals surface area contributed by atoms with Crippen LogP contribution in [-0.2, 0) is 10.0 Å². The molecular formula is C13H10BrFN2O2S2. The Morgan fingerprint density at radius 3 is 2.52 bits per heavy atom. The van der Waals surface area contributed by atoms with Crippen LogP contribution in [0.3, 0.4) is 0 Å². The molecule has 3 N–H and O–H groups in total. The average molecular weight is 389 g/mol. The third kappa shape index (κ3) is 3.58. The van der Waals surface area contributed by atoms with Gasteiger partial charge in [-0.25, -0.2) is 12.8 Å². The molecule has 0 aliphatic heterocycles. The van der Waals surface area contributed by atoms with Crippen LogP contribution >= 0.6 is 28.1 Å². The normalized spacial score (nSPS) is 11.1. The Hall–Kier alpha value is -1.51. The maximum Gasteiger partial charge on any atom is 0.264 e. The van der Waals surface area contributed by atoms with Gasteiger partial charge < -0.3 is 5.73 Å². The van der Waals surface area contributed by atoms with Gasteiger partial charge in [-0.1, -0.05) is 40.3 Å². The number of hydrogen-bond acceptors (Lipinski definition) is 3. The summed E-state index contributed by atoms with van der Waals surface area (Å²) in [5, 5.41) is 0. The van der Waals surface area contributed by atoms with Gasteiger partial charge in [0, 0.05) is 10.0 Å². The summed E-state index contributed by atoms with van der Waals surface area (Å²) < 4.78 is 41.1. The summed E-state index contributed by atoms with van der Waals surface area (Å²) in [5.41, 5.74) is 6.11. The van der Waals surface area contributed by atoms with Crippen molar-refractivity contribution in [2.45, 2.75) is 4.90 Å². The summed E-state index contributed by atoms with van der Waals surface area (Å²) in [4.78, 5) is -0.413. The number of sulfonamides is 1. The minimum Gasteiger partial charge on any atom is -0.389 e. The second-order valence-electron chi connectivity index (χ2n) is 4.09. The van der Waals surface area contributed by atoms with Crippen LogP contribution in [0.15, 0.2) is 51.8 Å². The fourth-order valence-corrected chi connectivity index (χ4v) is 3.36. The third-order valence-electron chi connectivity index (χ3n) is 2.62. The second-order valence-corrected chi connectivity index (χ2v) is 7.10. The Bertz CT molecular complexity index is 810. The van der Waals surface area contributed by atoms with Crippen LogP contribution in [0.2, 0.25) is 0 Å². The highest BCUT2D eigenvalue weighted by Crippen LogP contribution is 2.24. The molecule has 2 aromatic carbocycles. The molecule has 0 spiro atoms. The molecule has 0 bridgehead atoms. The van der Waals surface area contributed by atoms with E-state index in [2.05, 4.69) is 20.7 Å². The van der Waals surface area contributed by atoms with Crippen molar-refractivity contribution in [3.63, 3.8) is 0 Å². The lowest BCUT2D eigenvalue weighted by atomic mass is 10.2. The molecule has 2 aromatic rings. The molecule has 0 heterocycles. The van der Waals surface area contributed by atoms with Gasteiger partial charge >= 0.3 is 0 Å². The molecule has 21 heavy (non-hydrogen) atoms. The Kier molecular flexibility index (Phi) is 4.60. The van der Waals surface area contributed by atoms with Crippen LogP contribution in [-0.4, -0.2) is 13.4 Å². The molecule has 0 saturated carbocycles. The molecule has 0 radical (unpaired) electrons. The fraction of sp³-hybridized carbons (Fsp3) is 0. The minimum atomic E-state index is -4.07. The van der Waals surface area contributed by atoms with Gasteiger partial charge in [0.1, 0.15) is 15.7 Å². The molecule has 110 valence electrons. The molecule has 8 heteroatoms. The van der Waals surface area contributed by atoms with Crippen molar-refractivity contribution >= 4 is 48.8 Å². The summed E-state index contributed by atoms with van der Waals surface area (Å²) in [6.07, 6.45) is 0. The Balaban J connectivity index is 2.47. The van der Waals surface area contributed by atoms with Crippen LogP contribution < -0.4 is 10.5 Å². The third-order valence-corrected chi connectivity index (χ3v) is 4.73. The Morgan fingerprint density at radius 1 is 1.24 bits per heavy atom. The van der Waals surface area contributed by atoms with E-state index in [9.17, 15) is 12.8 Å². The summed E-state index contributed by atoms with van der Waals surface area (Å²) in [6.45, 7) is 0. The molecule has 0 aliphatic carbocycles. The number of nitrogens with two attached hydrogens (primary N) is 1. The molecule has 4 nitrogen and oxygen atoms in total. The number of thiocarbonyl (C=S) groups is 1. The summed E-state index contributed by atoms with van der Waals surface area (Å²) >= 11 is 8.14. The zero-order valence-electron chi connectivity index (χ0n) is 10.5.